The normalized spacial score (nSPS) is 13.3. The maximum Gasteiger partial charge on any atom is 0.220 e. The van der Waals surface area contributed by atoms with Crippen LogP contribution < -0.4 is 5.32 Å². The molecule has 0 rings (SSSR count). The Balaban J connectivity index is 3.50. The van der Waals surface area contributed by atoms with Crippen LogP contribution in [-0.2, 0) is 4.79 Å². The van der Waals surface area contributed by atoms with Crippen molar-refractivity contribution in [3.63, 3.8) is 0 Å². The van der Waals surface area contributed by atoms with Gasteiger partial charge in [-0.1, -0.05) is 299 Å². The molecular weight excluding hydrogens is 807 g/mol. The van der Waals surface area contributed by atoms with Crippen LogP contribution in [0.15, 0.2) is 72.9 Å². The number of carbonyl (C=O) groups excluding carboxylic acids is 1. The Morgan fingerprint density at radius 3 is 1.00 bits per heavy atom. The van der Waals surface area contributed by atoms with E-state index in [1.807, 2.05) is 0 Å². The predicted octanol–water partition coefficient (Wildman–Crippen LogP) is 19.4. The van der Waals surface area contributed by atoms with Crippen LogP contribution in [0.1, 0.15) is 296 Å². The van der Waals surface area contributed by atoms with Crippen molar-refractivity contribution in [2.75, 3.05) is 6.61 Å². The molecule has 0 aliphatic heterocycles. The van der Waals surface area contributed by atoms with E-state index in [1.165, 1.54) is 193 Å². The second kappa shape index (κ2) is 57.1. The first-order valence-electron chi connectivity index (χ1n) is 29.1. The summed E-state index contributed by atoms with van der Waals surface area (Å²) in [6.07, 6.45) is 81.8. The van der Waals surface area contributed by atoms with E-state index in [4.69, 9.17) is 0 Å². The summed E-state index contributed by atoms with van der Waals surface area (Å²) in [4.78, 5) is 12.5. The molecule has 66 heavy (non-hydrogen) atoms. The molecular formula is C62H113NO3. The SMILES string of the molecule is CC/C=C\C/C=C\C/C=C\C/C=C\C/C=C\C/C=C\CCCCCCCCC(=O)NC(CO)C(O)CCCCCCCCCCCCCCCCCCCCCCCCCCCCCCC. The van der Waals surface area contributed by atoms with Gasteiger partial charge in [0.05, 0.1) is 18.8 Å². The molecule has 4 heteroatoms. The fraction of sp³-hybridized carbons (Fsp3) is 0.790. The van der Waals surface area contributed by atoms with Gasteiger partial charge in [0.15, 0.2) is 0 Å². The highest BCUT2D eigenvalue weighted by Gasteiger charge is 2.20. The minimum absolute atomic E-state index is 0.0451. The summed E-state index contributed by atoms with van der Waals surface area (Å²) in [5, 5.41) is 23.4. The standard InChI is InChI=1S/C62H113NO3/c1-3-5-7-9-11-13-15-17-19-21-23-25-27-29-30-31-32-34-35-37-39-41-43-45-47-49-51-53-55-57-61(65)60(59-64)63-62(66)58-56-54-52-50-48-46-44-42-40-38-36-33-28-26-24-22-20-18-16-14-12-10-8-6-4-2/h6,8,12,14,18,20,24,26,33,36,40,42,60-61,64-65H,3-5,7,9-11,13,15-17,19,21-23,25,27-32,34-35,37-39,41,43-59H2,1-2H3,(H,63,66)/b8-6-,14-12-,20-18-,26-24-,36-33-,42-40-. The van der Waals surface area contributed by atoms with Crippen LogP contribution in [0.3, 0.4) is 0 Å². The number of unbranched alkanes of at least 4 members (excludes halogenated alkanes) is 34. The highest BCUT2D eigenvalue weighted by atomic mass is 16.3. The Hall–Kier alpha value is -2.17. The molecule has 0 spiro atoms. The summed E-state index contributed by atoms with van der Waals surface area (Å²) < 4.78 is 0. The summed E-state index contributed by atoms with van der Waals surface area (Å²) >= 11 is 0. The lowest BCUT2D eigenvalue weighted by molar-refractivity contribution is -0.123. The van der Waals surface area contributed by atoms with E-state index in [1.54, 1.807) is 0 Å². The van der Waals surface area contributed by atoms with Gasteiger partial charge in [0.1, 0.15) is 0 Å². The van der Waals surface area contributed by atoms with Gasteiger partial charge in [-0.15, -0.1) is 0 Å². The second-order valence-corrected chi connectivity index (χ2v) is 19.7. The zero-order chi connectivity index (χ0) is 47.7. The molecule has 0 aromatic heterocycles. The molecule has 0 heterocycles. The fourth-order valence-electron chi connectivity index (χ4n) is 8.84. The monoisotopic (exact) mass is 920 g/mol. The van der Waals surface area contributed by atoms with Crippen molar-refractivity contribution in [1.29, 1.82) is 0 Å². The van der Waals surface area contributed by atoms with Crippen LogP contribution in [0.4, 0.5) is 0 Å². The Labute approximate surface area is 412 Å². The van der Waals surface area contributed by atoms with E-state index in [9.17, 15) is 15.0 Å². The first kappa shape index (κ1) is 63.8. The van der Waals surface area contributed by atoms with Gasteiger partial charge in [0, 0.05) is 6.42 Å². The first-order chi connectivity index (χ1) is 32.7. The lowest BCUT2D eigenvalue weighted by Crippen LogP contribution is -2.45. The van der Waals surface area contributed by atoms with E-state index >= 15 is 0 Å². The molecule has 0 bridgehead atoms. The average Bonchev–Trinajstić information content (AvgIpc) is 3.32. The molecule has 0 saturated carbocycles. The van der Waals surface area contributed by atoms with Crippen molar-refractivity contribution in [3.8, 4) is 0 Å². The number of aliphatic hydroxyl groups excluding tert-OH is 2. The number of carbonyl (C=O) groups is 1. The van der Waals surface area contributed by atoms with E-state index in [0.717, 1.165) is 77.0 Å². The van der Waals surface area contributed by atoms with Gasteiger partial charge in [-0.3, -0.25) is 4.79 Å². The lowest BCUT2D eigenvalue weighted by Gasteiger charge is -2.22. The molecule has 2 atom stereocenters. The summed E-state index contributed by atoms with van der Waals surface area (Å²) in [6, 6.07) is -0.551. The van der Waals surface area contributed by atoms with Gasteiger partial charge in [-0.05, 0) is 64.2 Å². The molecule has 0 aromatic rings. The molecule has 0 aliphatic rings. The van der Waals surface area contributed by atoms with E-state index in [0.29, 0.717) is 12.8 Å². The van der Waals surface area contributed by atoms with Crippen molar-refractivity contribution in [3.05, 3.63) is 72.9 Å². The highest BCUT2D eigenvalue weighted by molar-refractivity contribution is 5.76. The van der Waals surface area contributed by atoms with Gasteiger partial charge in [-0.2, -0.15) is 0 Å². The molecule has 0 aliphatic carbocycles. The molecule has 4 nitrogen and oxygen atoms in total. The van der Waals surface area contributed by atoms with Crippen molar-refractivity contribution in [2.45, 2.75) is 309 Å². The highest BCUT2D eigenvalue weighted by Crippen LogP contribution is 2.18. The Morgan fingerprint density at radius 1 is 0.379 bits per heavy atom. The summed E-state index contributed by atoms with van der Waals surface area (Å²) in [6.45, 7) is 4.26. The number of aliphatic hydroxyl groups is 2. The summed E-state index contributed by atoms with van der Waals surface area (Å²) in [5.74, 6) is -0.0451. The van der Waals surface area contributed by atoms with Crippen LogP contribution in [0.25, 0.3) is 0 Å². The minimum Gasteiger partial charge on any atom is -0.394 e. The third kappa shape index (κ3) is 52.8. The van der Waals surface area contributed by atoms with Crippen LogP contribution in [0.2, 0.25) is 0 Å². The molecule has 2 unspecified atom stereocenters. The van der Waals surface area contributed by atoms with Crippen molar-refractivity contribution < 1.29 is 15.0 Å². The van der Waals surface area contributed by atoms with Crippen LogP contribution in [-0.4, -0.2) is 34.9 Å². The van der Waals surface area contributed by atoms with Crippen molar-refractivity contribution in [1.82, 2.24) is 5.32 Å². The molecule has 0 saturated heterocycles. The predicted molar refractivity (Wildman–Crippen MR) is 294 cm³/mol. The van der Waals surface area contributed by atoms with E-state index in [-0.39, 0.29) is 12.5 Å². The van der Waals surface area contributed by atoms with Gasteiger partial charge in [-0.25, -0.2) is 0 Å². The van der Waals surface area contributed by atoms with Crippen LogP contribution in [0, 0.1) is 0 Å². The quantitative estimate of drug-likeness (QED) is 0.0421. The van der Waals surface area contributed by atoms with Gasteiger partial charge in [0.25, 0.3) is 0 Å². The summed E-state index contributed by atoms with van der Waals surface area (Å²) in [5.41, 5.74) is 0. The van der Waals surface area contributed by atoms with Crippen LogP contribution in [0.5, 0.6) is 0 Å². The topological polar surface area (TPSA) is 69.6 Å². The third-order valence-electron chi connectivity index (χ3n) is 13.2. The zero-order valence-corrected chi connectivity index (χ0v) is 44.2. The first-order valence-corrected chi connectivity index (χ1v) is 29.1. The maximum absolute atomic E-state index is 12.5. The zero-order valence-electron chi connectivity index (χ0n) is 44.2. The largest absolute Gasteiger partial charge is 0.394 e. The smallest absolute Gasteiger partial charge is 0.220 e. The lowest BCUT2D eigenvalue weighted by atomic mass is 10.0. The number of hydrogen-bond donors (Lipinski definition) is 3. The van der Waals surface area contributed by atoms with Crippen molar-refractivity contribution in [2.24, 2.45) is 0 Å². The third-order valence-corrected chi connectivity index (χ3v) is 13.2. The molecule has 384 valence electrons. The molecule has 3 N–H and O–H groups in total. The van der Waals surface area contributed by atoms with Gasteiger partial charge < -0.3 is 15.5 Å². The Morgan fingerprint density at radius 2 is 0.667 bits per heavy atom. The Kier molecular flexibility index (Phi) is 55.3. The fourth-order valence-corrected chi connectivity index (χ4v) is 8.84. The number of allylic oxidation sites excluding steroid dienone is 12. The van der Waals surface area contributed by atoms with Crippen molar-refractivity contribution >= 4 is 5.91 Å². The Bertz CT molecular complexity index is 1130. The number of amides is 1. The number of nitrogens with one attached hydrogen (secondary N) is 1. The van der Waals surface area contributed by atoms with Gasteiger partial charge in [0.2, 0.25) is 5.91 Å². The summed E-state index contributed by atoms with van der Waals surface area (Å²) in [7, 11) is 0. The molecule has 0 radical (unpaired) electrons. The second-order valence-electron chi connectivity index (χ2n) is 19.7. The van der Waals surface area contributed by atoms with Gasteiger partial charge >= 0.3 is 0 Å². The maximum atomic E-state index is 12.5. The number of rotatable bonds is 53. The molecule has 1 amide bonds. The average molecular weight is 921 g/mol. The van der Waals surface area contributed by atoms with E-state index in [2.05, 4.69) is 92.1 Å². The minimum atomic E-state index is -0.672. The molecule has 0 fully saturated rings. The molecule has 0 aromatic carbocycles. The van der Waals surface area contributed by atoms with Crippen LogP contribution >= 0.6 is 0 Å². The number of hydrogen-bond acceptors (Lipinski definition) is 3. The van der Waals surface area contributed by atoms with E-state index < -0.39 is 12.1 Å².